The van der Waals surface area contributed by atoms with Gasteiger partial charge in [-0.2, -0.15) is 0 Å². The molecule has 1 rings (SSSR count). The van der Waals surface area contributed by atoms with Gasteiger partial charge in [-0.3, -0.25) is 4.99 Å². The van der Waals surface area contributed by atoms with Gasteiger partial charge in [0.15, 0.2) is 0 Å². The summed E-state index contributed by atoms with van der Waals surface area (Å²) in [5, 5.41) is 0. The zero-order valence-electron chi connectivity index (χ0n) is 6.39. The highest BCUT2D eigenvalue weighted by atomic mass is 28.3. The summed E-state index contributed by atoms with van der Waals surface area (Å²) in [6.45, 7) is 9.17. The van der Waals surface area contributed by atoms with E-state index in [1.54, 1.807) is 0 Å². The molecule has 1 aliphatic rings. The van der Waals surface area contributed by atoms with Gasteiger partial charge in [0.25, 0.3) is 0 Å². The van der Waals surface area contributed by atoms with E-state index in [0.717, 1.165) is 13.1 Å². The van der Waals surface area contributed by atoms with Crippen molar-refractivity contribution in [2.45, 2.75) is 19.6 Å². The minimum absolute atomic E-state index is 1.00. The standard InChI is InChI=1S/C6H14N2Si/c1-9(2,3)8-5-4-7-6-8/h6H,4-5H2,1-3H3. The van der Waals surface area contributed by atoms with Crippen molar-refractivity contribution in [3.8, 4) is 0 Å². The summed E-state index contributed by atoms with van der Waals surface area (Å²) in [4.78, 5) is 4.17. The monoisotopic (exact) mass is 142 g/mol. The molecule has 0 atom stereocenters. The molecule has 0 saturated carbocycles. The molecule has 9 heavy (non-hydrogen) atoms. The maximum absolute atomic E-state index is 4.17. The molecule has 0 amide bonds. The predicted octanol–water partition coefficient (Wildman–Crippen LogP) is 1.17. The number of nitrogens with zero attached hydrogens (tertiary/aromatic N) is 2. The Labute approximate surface area is 57.7 Å². The Bertz CT molecular complexity index is 126. The van der Waals surface area contributed by atoms with Crippen LogP contribution in [0.5, 0.6) is 0 Å². The van der Waals surface area contributed by atoms with Crippen LogP contribution >= 0.6 is 0 Å². The van der Waals surface area contributed by atoms with Gasteiger partial charge in [0.05, 0.1) is 12.9 Å². The van der Waals surface area contributed by atoms with Crippen LogP contribution in [-0.2, 0) is 0 Å². The lowest BCUT2D eigenvalue weighted by Gasteiger charge is -2.28. The first-order valence-electron chi connectivity index (χ1n) is 3.37. The van der Waals surface area contributed by atoms with Gasteiger partial charge in [-0.05, 0) is 0 Å². The summed E-state index contributed by atoms with van der Waals surface area (Å²) in [7, 11) is -1.04. The number of hydrogen-bond donors (Lipinski definition) is 0. The summed E-state index contributed by atoms with van der Waals surface area (Å²) in [5.74, 6) is 0. The molecule has 52 valence electrons. The van der Waals surface area contributed by atoms with E-state index in [0.29, 0.717) is 0 Å². The van der Waals surface area contributed by atoms with Crippen LogP contribution in [-0.4, -0.2) is 32.2 Å². The molecule has 0 aromatic rings. The average molecular weight is 142 g/mol. The van der Waals surface area contributed by atoms with Crippen LogP contribution in [0.1, 0.15) is 0 Å². The summed E-state index contributed by atoms with van der Waals surface area (Å²) >= 11 is 0. The van der Waals surface area contributed by atoms with Gasteiger partial charge in [-0.1, -0.05) is 19.6 Å². The smallest absolute Gasteiger partial charge is 0.148 e. The predicted molar refractivity (Wildman–Crippen MR) is 43.4 cm³/mol. The molecule has 0 N–H and O–H groups in total. The second-order valence-corrected chi connectivity index (χ2v) is 8.30. The Morgan fingerprint density at radius 2 is 2.11 bits per heavy atom. The maximum atomic E-state index is 4.17. The Morgan fingerprint density at radius 1 is 1.44 bits per heavy atom. The van der Waals surface area contributed by atoms with Gasteiger partial charge >= 0.3 is 0 Å². The summed E-state index contributed by atoms with van der Waals surface area (Å²) < 4.78 is 2.40. The van der Waals surface area contributed by atoms with Crippen molar-refractivity contribution in [2.24, 2.45) is 4.99 Å². The van der Waals surface area contributed by atoms with E-state index in [9.17, 15) is 0 Å². The Balaban J connectivity index is 2.53. The molecule has 3 heteroatoms. The normalized spacial score (nSPS) is 19.2. The first-order chi connectivity index (χ1) is 4.11. The third-order valence-electron chi connectivity index (χ3n) is 1.55. The van der Waals surface area contributed by atoms with Crippen LogP contribution in [0.4, 0.5) is 0 Å². The van der Waals surface area contributed by atoms with E-state index in [1.165, 1.54) is 0 Å². The fraction of sp³-hybridized carbons (Fsp3) is 0.833. The second-order valence-electron chi connectivity index (χ2n) is 3.39. The number of hydrogen-bond acceptors (Lipinski definition) is 2. The van der Waals surface area contributed by atoms with Gasteiger partial charge in [-0.25, -0.2) is 0 Å². The minimum Gasteiger partial charge on any atom is -0.388 e. The topological polar surface area (TPSA) is 15.6 Å². The van der Waals surface area contributed by atoms with Crippen LogP contribution in [0, 0.1) is 0 Å². The largest absolute Gasteiger partial charge is 0.388 e. The van der Waals surface area contributed by atoms with E-state index < -0.39 is 8.24 Å². The molecule has 0 bridgehead atoms. The molecule has 1 heterocycles. The van der Waals surface area contributed by atoms with Gasteiger partial charge in [-0.15, -0.1) is 0 Å². The van der Waals surface area contributed by atoms with E-state index in [-0.39, 0.29) is 0 Å². The van der Waals surface area contributed by atoms with Crippen molar-refractivity contribution in [2.75, 3.05) is 13.1 Å². The van der Waals surface area contributed by atoms with Crippen LogP contribution < -0.4 is 0 Å². The third-order valence-corrected chi connectivity index (χ3v) is 3.62. The maximum Gasteiger partial charge on any atom is 0.148 e. The fourth-order valence-corrected chi connectivity index (χ4v) is 2.09. The van der Waals surface area contributed by atoms with Crippen molar-refractivity contribution < 1.29 is 0 Å². The summed E-state index contributed by atoms with van der Waals surface area (Å²) in [6.07, 6.45) is 2.01. The highest BCUT2D eigenvalue weighted by Crippen LogP contribution is 2.08. The first-order valence-corrected chi connectivity index (χ1v) is 6.82. The van der Waals surface area contributed by atoms with Gasteiger partial charge in [0.1, 0.15) is 8.24 Å². The SMILES string of the molecule is C[Si](C)(C)N1C=NCC1. The second kappa shape index (κ2) is 2.14. The lowest BCUT2D eigenvalue weighted by Crippen LogP contribution is -2.43. The molecule has 0 fully saturated rings. The third kappa shape index (κ3) is 1.54. The van der Waals surface area contributed by atoms with E-state index in [1.807, 2.05) is 6.34 Å². The van der Waals surface area contributed by atoms with Gasteiger partial charge < -0.3 is 4.57 Å². The van der Waals surface area contributed by atoms with Crippen molar-refractivity contribution in [3.63, 3.8) is 0 Å². The number of aliphatic imine (C=N–C) groups is 1. The van der Waals surface area contributed by atoms with Gasteiger partial charge in [0.2, 0.25) is 0 Å². The molecule has 0 saturated heterocycles. The zero-order valence-corrected chi connectivity index (χ0v) is 7.39. The summed E-state index contributed by atoms with van der Waals surface area (Å²) in [5.41, 5.74) is 0. The van der Waals surface area contributed by atoms with Crippen LogP contribution in [0.2, 0.25) is 19.6 Å². The Hall–Kier alpha value is -0.313. The van der Waals surface area contributed by atoms with Crippen molar-refractivity contribution in [3.05, 3.63) is 0 Å². The summed E-state index contributed by atoms with van der Waals surface area (Å²) in [6, 6.07) is 0. The Morgan fingerprint density at radius 3 is 2.33 bits per heavy atom. The van der Waals surface area contributed by atoms with Crippen molar-refractivity contribution in [1.29, 1.82) is 0 Å². The average Bonchev–Trinajstić information content (AvgIpc) is 2.08. The highest BCUT2D eigenvalue weighted by molar-refractivity contribution is 6.75. The molecule has 0 aromatic heterocycles. The molecular formula is C6H14N2Si. The van der Waals surface area contributed by atoms with E-state index >= 15 is 0 Å². The molecule has 0 aliphatic carbocycles. The van der Waals surface area contributed by atoms with Gasteiger partial charge in [0, 0.05) is 6.54 Å². The van der Waals surface area contributed by atoms with Crippen molar-refractivity contribution in [1.82, 2.24) is 4.57 Å². The quantitative estimate of drug-likeness (QED) is 0.502. The van der Waals surface area contributed by atoms with Crippen LogP contribution in [0.25, 0.3) is 0 Å². The van der Waals surface area contributed by atoms with E-state index in [2.05, 4.69) is 29.2 Å². The molecule has 1 aliphatic heterocycles. The molecule has 0 aromatic carbocycles. The van der Waals surface area contributed by atoms with Crippen LogP contribution in [0.3, 0.4) is 0 Å². The highest BCUT2D eigenvalue weighted by Gasteiger charge is 2.22. The first kappa shape index (κ1) is 6.80. The number of rotatable bonds is 1. The molecule has 0 unspecified atom stereocenters. The zero-order chi connectivity index (χ0) is 6.91. The van der Waals surface area contributed by atoms with E-state index in [4.69, 9.17) is 0 Å². The molecule has 0 spiro atoms. The fourth-order valence-electron chi connectivity index (χ4n) is 0.888. The minimum atomic E-state index is -1.04. The van der Waals surface area contributed by atoms with Crippen LogP contribution in [0.15, 0.2) is 4.99 Å². The lowest BCUT2D eigenvalue weighted by molar-refractivity contribution is 0.681. The molecule has 0 radical (unpaired) electrons. The Kier molecular flexibility index (Phi) is 1.61. The molecule has 2 nitrogen and oxygen atoms in total. The van der Waals surface area contributed by atoms with Crippen molar-refractivity contribution >= 4 is 14.6 Å². The lowest BCUT2D eigenvalue weighted by atomic mass is 10.7. The molecular weight excluding hydrogens is 128 g/mol.